The number of aryl methyl sites for hydroxylation is 1. The second kappa shape index (κ2) is 8.79. The molecule has 3 rings (SSSR count). The topological polar surface area (TPSA) is 82.4 Å². The van der Waals surface area contributed by atoms with E-state index in [4.69, 9.17) is 21.1 Å². The number of hydrogen-bond acceptors (Lipinski definition) is 5. The van der Waals surface area contributed by atoms with Crippen LogP contribution in [0.3, 0.4) is 0 Å². The summed E-state index contributed by atoms with van der Waals surface area (Å²) in [4.78, 5) is 25.1. The van der Waals surface area contributed by atoms with Gasteiger partial charge in [-0.15, -0.1) is 0 Å². The molecule has 0 radical (unpaired) electrons. The lowest BCUT2D eigenvalue weighted by atomic mass is 10.2. The zero-order valence-corrected chi connectivity index (χ0v) is 16.9. The molecule has 0 fully saturated rings. The molecule has 0 saturated carbocycles. The van der Waals surface area contributed by atoms with E-state index in [2.05, 4.69) is 10.4 Å². The number of rotatable bonds is 6. The molecule has 29 heavy (non-hydrogen) atoms. The van der Waals surface area contributed by atoms with Crippen molar-refractivity contribution in [3.63, 3.8) is 0 Å². The number of amides is 1. The standard InChI is InChI=1S/C21H20ClN3O4/c1-13-18(19(22)25(24-13)15-9-5-4-6-10-15)21(27)29-14(2)20(26)23-16-11-7-8-12-17(16)28-3/h4-12,14H,1-3H3,(H,23,26)/t14-/m1/s1. The molecule has 1 aromatic heterocycles. The SMILES string of the molecule is COc1ccccc1NC(=O)[C@@H](C)OC(=O)c1c(C)nn(-c2ccccc2)c1Cl. The van der Waals surface area contributed by atoms with Crippen LogP contribution in [0.15, 0.2) is 54.6 Å². The number of esters is 1. The van der Waals surface area contributed by atoms with E-state index in [9.17, 15) is 9.59 Å². The Morgan fingerprint density at radius 2 is 1.76 bits per heavy atom. The number of carbonyl (C=O) groups is 2. The first-order valence-corrected chi connectivity index (χ1v) is 9.25. The summed E-state index contributed by atoms with van der Waals surface area (Å²) in [5, 5.41) is 7.12. The van der Waals surface area contributed by atoms with Crippen molar-refractivity contribution in [3.8, 4) is 11.4 Å². The molecule has 0 spiro atoms. The second-order valence-electron chi connectivity index (χ2n) is 6.24. The van der Waals surface area contributed by atoms with Gasteiger partial charge in [-0.25, -0.2) is 9.48 Å². The Morgan fingerprint density at radius 1 is 1.10 bits per heavy atom. The van der Waals surface area contributed by atoms with E-state index >= 15 is 0 Å². The Balaban J connectivity index is 1.75. The summed E-state index contributed by atoms with van der Waals surface area (Å²) in [6.07, 6.45) is -1.05. The van der Waals surface area contributed by atoms with Gasteiger partial charge in [-0.05, 0) is 38.1 Å². The average molecular weight is 414 g/mol. The summed E-state index contributed by atoms with van der Waals surface area (Å²) in [6.45, 7) is 3.13. The van der Waals surface area contributed by atoms with Crippen LogP contribution in [-0.2, 0) is 9.53 Å². The number of para-hydroxylation sites is 3. The highest BCUT2D eigenvalue weighted by molar-refractivity contribution is 6.33. The highest BCUT2D eigenvalue weighted by Crippen LogP contribution is 2.26. The van der Waals surface area contributed by atoms with Gasteiger partial charge in [0.05, 0.1) is 24.2 Å². The Hall–Kier alpha value is -3.32. The van der Waals surface area contributed by atoms with Gasteiger partial charge in [0.1, 0.15) is 16.5 Å². The summed E-state index contributed by atoms with van der Waals surface area (Å²) in [6, 6.07) is 16.1. The largest absolute Gasteiger partial charge is 0.495 e. The van der Waals surface area contributed by atoms with Gasteiger partial charge in [0.25, 0.3) is 5.91 Å². The lowest BCUT2D eigenvalue weighted by molar-refractivity contribution is -0.123. The van der Waals surface area contributed by atoms with Crippen LogP contribution in [0.1, 0.15) is 23.0 Å². The zero-order valence-electron chi connectivity index (χ0n) is 16.2. The number of aromatic nitrogens is 2. The van der Waals surface area contributed by atoms with E-state index in [0.717, 1.165) is 0 Å². The van der Waals surface area contributed by atoms with Crippen LogP contribution >= 0.6 is 11.6 Å². The van der Waals surface area contributed by atoms with Crippen molar-refractivity contribution in [3.05, 3.63) is 71.0 Å². The molecule has 2 aromatic carbocycles. The van der Waals surface area contributed by atoms with E-state index in [1.165, 1.54) is 18.7 Å². The zero-order chi connectivity index (χ0) is 21.0. The number of methoxy groups -OCH3 is 1. The van der Waals surface area contributed by atoms with Gasteiger partial charge >= 0.3 is 5.97 Å². The van der Waals surface area contributed by atoms with Crippen LogP contribution in [0.5, 0.6) is 5.75 Å². The number of ether oxygens (including phenoxy) is 2. The van der Waals surface area contributed by atoms with Crippen LogP contribution in [0.2, 0.25) is 5.15 Å². The number of hydrogen-bond donors (Lipinski definition) is 1. The van der Waals surface area contributed by atoms with Gasteiger partial charge < -0.3 is 14.8 Å². The van der Waals surface area contributed by atoms with Crippen LogP contribution in [0.4, 0.5) is 5.69 Å². The lowest BCUT2D eigenvalue weighted by Crippen LogP contribution is -2.30. The summed E-state index contributed by atoms with van der Waals surface area (Å²) >= 11 is 6.37. The molecule has 3 aromatic rings. The Bertz CT molecular complexity index is 1030. The summed E-state index contributed by atoms with van der Waals surface area (Å²) in [7, 11) is 1.50. The van der Waals surface area contributed by atoms with Gasteiger partial charge in [-0.3, -0.25) is 4.79 Å². The fourth-order valence-electron chi connectivity index (χ4n) is 2.73. The first-order chi connectivity index (χ1) is 13.9. The first-order valence-electron chi connectivity index (χ1n) is 8.87. The fourth-order valence-corrected chi connectivity index (χ4v) is 3.08. The van der Waals surface area contributed by atoms with Gasteiger partial charge in [-0.1, -0.05) is 41.9 Å². The van der Waals surface area contributed by atoms with E-state index in [1.54, 1.807) is 31.2 Å². The van der Waals surface area contributed by atoms with Crippen molar-refractivity contribution in [1.82, 2.24) is 9.78 Å². The van der Waals surface area contributed by atoms with Crippen LogP contribution < -0.4 is 10.1 Å². The Labute approximate surface area is 173 Å². The molecule has 1 N–H and O–H groups in total. The highest BCUT2D eigenvalue weighted by atomic mass is 35.5. The van der Waals surface area contributed by atoms with E-state index in [0.29, 0.717) is 22.8 Å². The molecule has 1 amide bonds. The maximum Gasteiger partial charge on any atom is 0.344 e. The third kappa shape index (κ3) is 4.41. The molecule has 0 unspecified atom stereocenters. The number of carbonyl (C=O) groups excluding carboxylic acids is 2. The maximum absolute atomic E-state index is 12.7. The fraction of sp³-hybridized carbons (Fsp3) is 0.190. The number of nitrogens with zero attached hydrogens (tertiary/aromatic N) is 2. The molecule has 1 heterocycles. The minimum atomic E-state index is -1.05. The third-order valence-corrected chi connectivity index (χ3v) is 4.58. The molecule has 0 bridgehead atoms. The number of nitrogens with one attached hydrogen (secondary N) is 1. The minimum Gasteiger partial charge on any atom is -0.495 e. The highest BCUT2D eigenvalue weighted by Gasteiger charge is 2.26. The van der Waals surface area contributed by atoms with E-state index in [-0.39, 0.29) is 10.7 Å². The van der Waals surface area contributed by atoms with E-state index in [1.807, 2.05) is 30.3 Å². The van der Waals surface area contributed by atoms with Gasteiger partial charge in [0, 0.05) is 0 Å². The van der Waals surface area contributed by atoms with Crippen molar-refractivity contribution >= 4 is 29.2 Å². The number of benzene rings is 2. The molecule has 0 saturated heterocycles. The Kier molecular flexibility index (Phi) is 6.19. The predicted octanol–water partition coefficient (Wildman–Crippen LogP) is 4.03. The summed E-state index contributed by atoms with van der Waals surface area (Å²) < 4.78 is 12.0. The van der Waals surface area contributed by atoms with Crippen molar-refractivity contribution in [2.24, 2.45) is 0 Å². The first kappa shape index (κ1) is 20.4. The smallest absolute Gasteiger partial charge is 0.344 e. The van der Waals surface area contributed by atoms with Crippen molar-refractivity contribution in [2.45, 2.75) is 20.0 Å². The van der Waals surface area contributed by atoms with Crippen LogP contribution in [0.25, 0.3) is 5.69 Å². The van der Waals surface area contributed by atoms with Crippen molar-refractivity contribution in [2.75, 3.05) is 12.4 Å². The Morgan fingerprint density at radius 3 is 2.45 bits per heavy atom. The molecule has 150 valence electrons. The monoisotopic (exact) mass is 413 g/mol. The van der Waals surface area contributed by atoms with Crippen LogP contribution in [0, 0.1) is 6.92 Å². The molecular formula is C21H20ClN3O4. The average Bonchev–Trinajstić information content (AvgIpc) is 3.03. The predicted molar refractivity (Wildman–Crippen MR) is 110 cm³/mol. The quantitative estimate of drug-likeness (QED) is 0.617. The van der Waals surface area contributed by atoms with Crippen LogP contribution in [-0.4, -0.2) is 34.9 Å². The normalized spacial score (nSPS) is 11.6. The molecule has 8 heteroatoms. The third-order valence-electron chi connectivity index (χ3n) is 4.23. The maximum atomic E-state index is 12.7. The van der Waals surface area contributed by atoms with Crippen molar-refractivity contribution in [1.29, 1.82) is 0 Å². The molecule has 7 nitrogen and oxygen atoms in total. The van der Waals surface area contributed by atoms with Gasteiger partial charge in [0.2, 0.25) is 0 Å². The second-order valence-corrected chi connectivity index (χ2v) is 6.59. The summed E-state index contributed by atoms with van der Waals surface area (Å²) in [5.41, 5.74) is 1.71. The van der Waals surface area contributed by atoms with Crippen molar-refractivity contribution < 1.29 is 19.1 Å². The minimum absolute atomic E-state index is 0.118. The number of halogens is 1. The number of anilines is 1. The molecule has 0 aliphatic rings. The van der Waals surface area contributed by atoms with Gasteiger partial charge in [-0.2, -0.15) is 5.10 Å². The van der Waals surface area contributed by atoms with Gasteiger partial charge in [0.15, 0.2) is 6.10 Å². The van der Waals surface area contributed by atoms with E-state index < -0.39 is 18.0 Å². The molecule has 0 aliphatic heterocycles. The lowest BCUT2D eigenvalue weighted by Gasteiger charge is -2.15. The summed E-state index contributed by atoms with van der Waals surface area (Å²) in [5.74, 6) is -0.716. The molecular weight excluding hydrogens is 394 g/mol. The molecule has 1 atom stereocenters. The molecule has 0 aliphatic carbocycles.